The first-order chi connectivity index (χ1) is 11.7. The number of aromatic nitrogens is 1. The van der Waals surface area contributed by atoms with E-state index >= 15 is 0 Å². The van der Waals surface area contributed by atoms with Crippen molar-refractivity contribution in [3.8, 4) is 0 Å². The lowest BCUT2D eigenvalue weighted by Gasteiger charge is -2.11. The quantitative estimate of drug-likeness (QED) is 0.759. The van der Waals surface area contributed by atoms with Crippen molar-refractivity contribution >= 4 is 28.6 Å². The van der Waals surface area contributed by atoms with Crippen LogP contribution < -0.4 is 10.7 Å². The summed E-state index contributed by atoms with van der Waals surface area (Å²) >= 11 is 0. The van der Waals surface area contributed by atoms with E-state index in [1.165, 1.54) is 0 Å². The summed E-state index contributed by atoms with van der Waals surface area (Å²) in [6, 6.07) is 7.65. The molecule has 0 radical (unpaired) electrons. The van der Waals surface area contributed by atoms with E-state index in [0.717, 1.165) is 23.2 Å². The summed E-state index contributed by atoms with van der Waals surface area (Å²) in [5.41, 5.74) is 4.96. The fourth-order valence-corrected chi connectivity index (χ4v) is 2.53. The molecule has 2 heterocycles. The second kappa shape index (κ2) is 7.72. The van der Waals surface area contributed by atoms with Crippen LogP contribution in [0.15, 0.2) is 33.8 Å². The number of hydrogen-bond acceptors (Lipinski definition) is 5. The van der Waals surface area contributed by atoms with Crippen molar-refractivity contribution < 1.29 is 14.0 Å². The fraction of sp³-hybridized carbons (Fsp3) is 0.412. The SMILES string of the molecule is O=C(CCC1=NNC(=O)CC1)NCCCc1nc2ccccc2o1. The molecule has 1 aliphatic heterocycles. The first-order valence-corrected chi connectivity index (χ1v) is 8.16. The number of nitrogens with zero attached hydrogens (tertiary/aromatic N) is 2. The van der Waals surface area contributed by atoms with E-state index in [1.807, 2.05) is 24.3 Å². The van der Waals surface area contributed by atoms with Gasteiger partial charge in [0.05, 0.1) is 0 Å². The molecule has 0 fully saturated rings. The molecule has 0 spiro atoms. The molecule has 0 saturated heterocycles. The summed E-state index contributed by atoms with van der Waals surface area (Å²) in [7, 11) is 0. The summed E-state index contributed by atoms with van der Waals surface area (Å²) in [5, 5.41) is 6.84. The van der Waals surface area contributed by atoms with Gasteiger partial charge in [-0.3, -0.25) is 9.59 Å². The molecule has 2 aromatic rings. The number of para-hydroxylation sites is 2. The number of fused-ring (bicyclic) bond motifs is 1. The highest BCUT2D eigenvalue weighted by atomic mass is 16.3. The number of carbonyl (C=O) groups excluding carboxylic acids is 2. The number of aryl methyl sites for hydroxylation is 1. The number of rotatable bonds is 7. The molecule has 0 atom stereocenters. The van der Waals surface area contributed by atoms with E-state index in [2.05, 4.69) is 20.8 Å². The van der Waals surface area contributed by atoms with Gasteiger partial charge in [0.15, 0.2) is 11.5 Å². The maximum absolute atomic E-state index is 11.8. The van der Waals surface area contributed by atoms with Crippen molar-refractivity contribution in [3.05, 3.63) is 30.2 Å². The van der Waals surface area contributed by atoms with E-state index in [1.54, 1.807) is 0 Å². The van der Waals surface area contributed by atoms with Crippen LogP contribution in [0, 0.1) is 0 Å². The number of nitrogens with one attached hydrogen (secondary N) is 2. The normalized spacial score (nSPS) is 14.3. The zero-order chi connectivity index (χ0) is 16.8. The van der Waals surface area contributed by atoms with Crippen LogP contribution >= 0.6 is 0 Å². The fourth-order valence-electron chi connectivity index (χ4n) is 2.53. The molecule has 1 aliphatic rings. The molecule has 126 valence electrons. The summed E-state index contributed by atoms with van der Waals surface area (Å²) in [5.74, 6) is 0.618. The standard InChI is InChI=1S/C17H20N4O3/c22-15(9-7-12-8-10-16(23)21-20-12)18-11-3-6-17-19-13-4-1-2-5-14(13)24-17/h1-2,4-5H,3,6-11H2,(H,18,22)(H,21,23). The van der Waals surface area contributed by atoms with E-state index < -0.39 is 0 Å². The molecule has 2 N–H and O–H groups in total. The number of hydrazone groups is 1. The molecule has 0 saturated carbocycles. The van der Waals surface area contributed by atoms with Gasteiger partial charge in [-0.15, -0.1) is 0 Å². The Labute approximate surface area is 139 Å². The van der Waals surface area contributed by atoms with Gasteiger partial charge in [0.2, 0.25) is 11.8 Å². The van der Waals surface area contributed by atoms with Crippen molar-refractivity contribution in [2.24, 2.45) is 5.10 Å². The number of hydrogen-bond donors (Lipinski definition) is 2. The third kappa shape index (κ3) is 4.41. The lowest BCUT2D eigenvalue weighted by Crippen LogP contribution is -2.28. The van der Waals surface area contributed by atoms with Gasteiger partial charge in [0.25, 0.3) is 0 Å². The van der Waals surface area contributed by atoms with Crippen LogP contribution in [-0.4, -0.2) is 29.1 Å². The minimum atomic E-state index is -0.0672. The van der Waals surface area contributed by atoms with Crippen LogP contribution in [0.4, 0.5) is 0 Å². The van der Waals surface area contributed by atoms with Gasteiger partial charge in [-0.25, -0.2) is 10.4 Å². The Hall–Kier alpha value is -2.70. The highest BCUT2D eigenvalue weighted by Gasteiger charge is 2.12. The largest absolute Gasteiger partial charge is 0.441 e. The lowest BCUT2D eigenvalue weighted by molar-refractivity contribution is -0.121. The van der Waals surface area contributed by atoms with Gasteiger partial charge < -0.3 is 9.73 Å². The maximum Gasteiger partial charge on any atom is 0.240 e. The topological polar surface area (TPSA) is 96.6 Å². The molecule has 2 amide bonds. The highest BCUT2D eigenvalue weighted by molar-refractivity contribution is 5.94. The van der Waals surface area contributed by atoms with Gasteiger partial charge >= 0.3 is 0 Å². The average molecular weight is 328 g/mol. The van der Waals surface area contributed by atoms with Crippen LogP contribution in [0.2, 0.25) is 0 Å². The van der Waals surface area contributed by atoms with Crippen molar-refractivity contribution in [3.63, 3.8) is 0 Å². The summed E-state index contributed by atoms with van der Waals surface area (Å²) < 4.78 is 5.64. The van der Waals surface area contributed by atoms with Crippen molar-refractivity contribution in [1.29, 1.82) is 0 Å². The zero-order valence-corrected chi connectivity index (χ0v) is 13.4. The van der Waals surface area contributed by atoms with Crippen LogP contribution in [0.1, 0.15) is 38.0 Å². The Morgan fingerprint density at radius 2 is 2.12 bits per heavy atom. The predicted octanol–water partition coefficient (Wildman–Crippen LogP) is 1.92. The monoisotopic (exact) mass is 328 g/mol. The first kappa shape index (κ1) is 16.2. The molecule has 24 heavy (non-hydrogen) atoms. The maximum atomic E-state index is 11.8. The van der Waals surface area contributed by atoms with Crippen LogP contribution in [-0.2, 0) is 16.0 Å². The van der Waals surface area contributed by atoms with E-state index in [9.17, 15) is 9.59 Å². The van der Waals surface area contributed by atoms with E-state index in [4.69, 9.17) is 4.42 Å². The molecule has 7 heteroatoms. The molecule has 7 nitrogen and oxygen atoms in total. The Morgan fingerprint density at radius 3 is 2.92 bits per heavy atom. The Kier molecular flexibility index (Phi) is 5.20. The second-order valence-electron chi connectivity index (χ2n) is 5.74. The molecular formula is C17H20N4O3. The number of oxazole rings is 1. The van der Waals surface area contributed by atoms with E-state index in [-0.39, 0.29) is 11.8 Å². The van der Waals surface area contributed by atoms with Crippen LogP contribution in [0.3, 0.4) is 0 Å². The highest BCUT2D eigenvalue weighted by Crippen LogP contribution is 2.15. The van der Waals surface area contributed by atoms with E-state index in [0.29, 0.717) is 44.5 Å². The smallest absolute Gasteiger partial charge is 0.240 e. The second-order valence-corrected chi connectivity index (χ2v) is 5.74. The van der Waals surface area contributed by atoms with Gasteiger partial charge in [0.1, 0.15) is 5.52 Å². The van der Waals surface area contributed by atoms with Gasteiger partial charge in [0, 0.05) is 31.5 Å². The minimum absolute atomic E-state index is 0.00725. The third-order valence-electron chi connectivity index (χ3n) is 3.85. The summed E-state index contributed by atoms with van der Waals surface area (Å²) in [4.78, 5) is 27.2. The van der Waals surface area contributed by atoms with Crippen molar-refractivity contribution in [2.45, 2.75) is 38.5 Å². The number of benzene rings is 1. The molecule has 0 aliphatic carbocycles. The minimum Gasteiger partial charge on any atom is -0.441 e. The van der Waals surface area contributed by atoms with Crippen molar-refractivity contribution in [2.75, 3.05) is 6.54 Å². The predicted molar refractivity (Wildman–Crippen MR) is 89.4 cm³/mol. The molecule has 0 unspecified atom stereocenters. The summed E-state index contributed by atoms with van der Waals surface area (Å²) in [6.45, 7) is 0.584. The molecule has 3 rings (SSSR count). The van der Waals surface area contributed by atoms with Crippen molar-refractivity contribution in [1.82, 2.24) is 15.7 Å². The van der Waals surface area contributed by atoms with Gasteiger partial charge in [-0.1, -0.05) is 12.1 Å². The first-order valence-electron chi connectivity index (χ1n) is 8.16. The molecule has 1 aromatic carbocycles. The van der Waals surface area contributed by atoms with Crippen LogP contribution in [0.5, 0.6) is 0 Å². The molecule has 1 aromatic heterocycles. The average Bonchev–Trinajstić information content (AvgIpc) is 3.01. The Morgan fingerprint density at radius 1 is 1.25 bits per heavy atom. The van der Waals surface area contributed by atoms with Gasteiger partial charge in [-0.05, 0) is 31.4 Å². The van der Waals surface area contributed by atoms with Crippen LogP contribution in [0.25, 0.3) is 11.1 Å². The third-order valence-corrected chi connectivity index (χ3v) is 3.85. The summed E-state index contributed by atoms with van der Waals surface area (Å²) in [6.07, 6.45) is 3.51. The zero-order valence-electron chi connectivity index (χ0n) is 13.4. The number of amides is 2. The molecule has 0 bridgehead atoms. The Balaban J connectivity index is 1.34. The molecular weight excluding hydrogens is 308 g/mol. The van der Waals surface area contributed by atoms with Gasteiger partial charge in [-0.2, -0.15) is 5.10 Å². The lowest BCUT2D eigenvalue weighted by atomic mass is 10.1. The Bertz CT molecular complexity index is 733. The number of carbonyl (C=O) groups is 2.